The van der Waals surface area contributed by atoms with Crippen molar-refractivity contribution in [1.82, 2.24) is 14.5 Å². The van der Waals surface area contributed by atoms with Crippen molar-refractivity contribution in [1.29, 1.82) is 0 Å². The Hall–Kier alpha value is -3.78. The van der Waals surface area contributed by atoms with Crippen LogP contribution in [-0.2, 0) is 11.3 Å². The molecular formula is C26H23ClFN5O2. The molecule has 1 saturated heterocycles. The number of halogens is 2. The van der Waals surface area contributed by atoms with E-state index in [9.17, 15) is 14.0 Å². The zero-order valence-corrected chi connectivity index (χ0v) is 19.6. The summed E-state index contributed by atoms with van der Waals surface area (Å²) in [4.78, 5) is 37.2. The van der Waals surface area contributed by atoms with Gasteiger partial charge >= 0.3 is 0 Å². The summed E-state index contributed by atoms with van der Waals surface area (Å²) in [5.74, 6) is -0.765. The van der Waals surface area contributed by atoms with Crippen molar-refractivity contribution in [2.45, 2.75) is 19.4 Å². The SMILES string of the molecule is O=C(Nc1ccc(Cl)cc1F)C1CCN(c2nc3cccnc3n(Cc3ccccc3)c2=O)CC1. The Balaban J connectivity index is 1.35. The minimum absolute atomic E-state index is 0.106. The number of rotatable bonds is 5. The molecule has 1 amide bonds. The van der Waals surface area contributed by atoms with Crippen LogP contribution in [0.3, 0.4) is 0 Å². The van der Waals surface area contributed by atoms with Gasteiger partial charge in [-0.15, -0.1) is 0 Å². The van der Waals surface area contributed by atoms with Crippen LogP contribution in [0.4, 0.5) is 15.9 Å². The summed E-state index contributed by atoms with van der Waals surface area (Å²) < 4.78 is 15.7. The molecule has 0 spiro atoms. The van der Waals surface area contributed by atoms with Crippen molar-refractivity contribution in [2.24, 2.45) is 5.92 Å². The van der Waals surface area contributed by atoms with Gasteiger partial charge in [0.2, 0.25) is 5.91 Å². The van der Waals surface area contributed by atoms with Crippen LogP contribution < -0.4 is 15.8 Å². The molecule has 1 N–H and O–H groups in total. The summed E-state index contributed by atoms with van der Waals surface area (Å²) in [6.45, 7) is 1.36. The van der Waals surface area contributed by atoms with E-state index in [4.69, 9.17) is 11.6 Å². The average molecular weight is 492 g/mol. The Morgan fingerprint density at radius 3 is 2.60 bits per heavy atom. The molecule has 35 heavy (non-hydrogen) atoms. The lowest BCUT2D eigenvalue weighted by molar-refractivity contribution is -0.120. The van der Waals surface area contributed by atoms with Crippen molar-refractivity contribution in [3.05, 3.63) is 93.6 Å². The van der Waals surface area contributed by atoms with Gasteiger partial charge in [0.1, 0.15) is 11.3 Å². The number of anilines is 2. The molecule has 0 atom stereocenters. The summed E-state index contributed by atoms with van der Waals surface area (Å²) in [5, 5.41) is 2.92. The number of carbonyl (C=O) groups is 1. The number of benzene rings is 2. The summed E-state index contributed by atoms with van der Waals surface area (Å²) >= 11 is 5.79. The second-order valence-electron chi connectivity index (χ2n) is 8.53. The standard InChI is InChI=1S/C26H23ClFN5O2/c27-19-8-9-21(20(28)15-19)31-25(34)18-10-13-32(14-11-18)24-26(35)33(16-17-5-2-1-3-6-17)23-22(30-24)7-4-12-29-23/h1-9,12,15,18H,10-11,13-14,16H2,(H,31,34). The lowest BCUT2D eigenvalue weighted by Crippen LogP contribution is -2.42. The Kier molecular flexibility index (Phi) is 6.46. The predicted octanol–water partition coefficient (Wildman–Crippen LogP) is 4.49. The summed E-state index contributed by atoms with van der Waals surface area (Å²) in [6.07, 6.45) is 2.69. The van der Waals surface area contributed by atoms with Gasteiger partial charge in [-0.1, -0.05) is 41.9 Å². The van der Waals surface area contributed by atoms with E-state index in [1.165, 1.54) is 18.2 Å². The van der Waals surface area contributed by atoms with Crippen molar-refractivity contribution < 1.29 is 9.18 Å². The first kappa shape index (κ1) is 23.0. The number of hydrogen-bond acceptors (Lipinski definition) is 5. The molecular weight excluding hydrogens is 469 g/mol. The zero-order chi connectivity index (χ0) is 24.4. The van der Waals surface area contributed by atoms with Crippen molar-refractivity contribution >= 4 is 40.2 Å². The molecule has 1 aliphatic rings. The Labute approximate surface area is 206 Å². The number of fused-ring (bicyclic) bond motifs is 1. The van der Waals surface area contributed by atoms with Crippen LogP contribution >= 0.6 is 11.6 Å². The third kappa shape index (κ3) is 4.88. The maximum absolute atomic E-state index is 14.1. The van der Waals surface area contributed by atoms with Crippen molar-refractivity contribution in [3.8, 4) is 0 Å². The van der Waals surface area contributed by atoms with Crippen molar-refractivity contribution in [3.63, 3.8) is 0 Å². The van der Waals surface area contributed by atoms with E-state index in [1.54, 1.807) is 16.8 Å². The van der Waals surface area contributed by atoms with Gasteiger partial charge in [-0.3, -0.25) is 14.2 Å². The highest BCUT2D eigenvalue weighted by atomic mass is 35.5. The molecule has 9 heteroatoms. The molecule has 5 rings (SSSR count). The molecule has 0 bridgehead atoms. The van der Waals surface area contributed by atoms with Gasteiger partial charge in [-0.2, -0.15) is 0 Å². The highest BCUT2D eigenvalue weighted by molar-refractivity contribution is 6.30. The van der Waals surface area contributed by atoms with Crippen LogP contribution in [-0.4, -0.2) is 33.5 Å². The molecule has 0 unspecified atom stereocenters. The van der Waals surface area contributed by atoms with E-state index in [0.717, 1.165) is 5.56 Å². The van der Waals surface area contributed by atoms with Gasteiger partial charge in [0.15, 0.2) is 11.5 Å². The number of carbonyl (C=O) groups excluding carboxylic acids is 1. The van der Waals surface area contributed by atoms with E-state index in [-0.39, 0.29) is 28.1 Å². The zero-order valence-electron chi connectivity index (χ0n) is 18.8. The molecule has 1 fully saturated rings. The third-order valence-corrected chi connectivity index (χ3v) is 6.46. The van der Waals surface area contributed by atoms with E-state index < -0.39 is 5.82 Å². The number of amides is 1. The third-order valence-electron chi connectivity index (χ3n) is 6.22. The summed E-state index contributed by atoms with van der Waals surface area (Å²) in [7, 11) is 0. The highest BCUT2D eigenvalue weighted by Crippen LogP contribution is 2.25. The molecule has 0 aliphatic carbocycles. The Morgan fingerprint density at radius 1 is 1.09 bits per heavy atom. The number of pyridine rings is 1. The smallest absolute Gasteiger partial charge is 0.295 e. The van der Waals surface area contributed by atoms with Crippen LogP contribution in [0.1, 0.15) is 18.4 Å². The molecule has 178 valence electrons. The fourth-order valence-corrected chi connectivity index (χ4v) is 4.52. The first-order valence-electron chi connectivity index (χ1n) is 11.4. The van der Waals surface area contributed by atoms with E-state index >= 15 is 0 Å². The van der Waals surface area contributed by atoms with Gasteiger partial charge in [0.05, 0.1) is 12.2 Å². The minimum atomic E-state index is -0.573. The first-order chi connectivity index (χ1) is 17.0. The number of aromatic nitrogens is 3. The maximum Gasteiger partial charge on any atom is 0.295 e. The topological polar surface area (TPSA) is 80.1 Å². The van der Waals surface area contributed by atoms with E-state index in [1.807, 2.05) is 41.3 Å². The molecule has 1 aliphatic heterocycles. The monoisotopic (exact) mass is 491 g/mol. The van der Waals surface area contributed by atoms with E-state index in [0.29, 0.717) is 49.5 Å². The largest absolute Gasteiger partial charge is 0.352 e. The van der Waals surface area contributed by atoms with Crippen molar-refractivity contribution in [2.75, 3.05) is 23.3 Å². The maximum atomic E-state index is 14.1. The predicted molar refractivity (Wildman–Crippen MR) is 134 cm³/mol. The highest BCUT2D eigenvalue weighted by Gasteiger charge is 2.28. The number of nitrogens with one attached hydrogen (secondary N) is 1. The number of hydrogen-bond donors (Lipinski definition) is 1. The minimum Gasteiger partial charge on any atom is -0.352 e. The molecule has 2 aromatic heterocycles. The lowest BCUT2D eigenvalue weighted by atomic mass is 9.96. The van der Waals surface area contributed by atoms with Crippen LogP contribution in [0.2, 0.25) is 5.02 Å². The lowest BCUT2D eigenvalue weighted by Gasteiger charge is -2.32. The Bertz CT molecular complexity index is 1440. The van der Waals surface area contributed by atoms with Gasteiger partial charge in [0, 0.05) is 30.2 Å². The van der Waals surface area contributed by atoms with Crippen LogP contribution in [0.5, 0.6) is 0 Å². The molecule has 3 heterocycles. The van der Waals surface area contributed by atoms with Gasteiger partial charge in [0.25, 0.3) is 5.56 Å². The Morgan fingerprint density at radius 2 is 1.86 bits per heavy atom. The molecule has 7 nitrogen and oxygen atoms in total. The fraction of sp³-hybridized carbons (Fsp3) is 0.231. The second kappa shape index (κ2) is 9.84. The van der Waals surface area contributed by atoms with Crippen LogP contribution in [0.15, 0.2) is 71.7 Å². The van der Waals surface area contributed by atoms with Gasteiger partial charge < -0.3 is 10.2 Å². The molecule has 0 radical (unpaired) electrons. The number of piperidine rings is 1. The van der Waals surface area contributed by atoms with Gasteiger partial charge in [-0.25, -0.2) is 14.4 Å². The average Bonchev–Trinajstić information content (AvgIpc) is 2.88. The van der Waals surface area contributed by atoms with E-state index in [2.05, 4.69) is 15.3 Å². The first-order valence-corrected chi connectivity index (χ1v) is 11.8. The van der Waals surface area contributed by atoms with Crippen LogP contribution in [0, 0.1) is 11.7 Å². The molecule has 0 saturated carbocycles. The molecule has 2 aromatic carbocycles. The fourth-order valence-electron chi connectivity index (χ4n) is 4.36. The van der Waals surface area contributed by atoms with Crippen LogP contribution in [0.25, 0.3) is 11.2 Å². The quantitative estimate of drug-likeness (QED) is 0.445. The molecule has 4 aromatic rings. The van der Waals surface area contributed by atoms with Gasteiger partial charge in [-0.05, 0) is 48.7 Å². The number of nitrogens with zero attached hydrogens (tertiary/aromatic N) is 4. The second-order valence-corrected chi connectivity index (χ2v) is 8.97. The normalized spacial score (nSPS) is 14.3. The summed E-state index contributed by atoms with van der Waals surface area (Å²) in [6, 6.07) is 17.5. The summed E-state index contributed by atoms with van der Waals surface area (Å²) in [5.41, 5.74) is 2.05.